The number of nitrogens with one attached hydrogen (secondary N) is 2. The van der Waals surface area contributed by atoms with Gasteiger partial charge in [0.1, 0.15) is 29.1 Å². The van der Waals surface area contributed by atoms with E-state index in [1.807, 2.05) is 24.3 Å². The summed E-state index contributed by atoms with van der Waals surface area (Å²) in [6.45, 7) is 0.202. The average molecular weight is 658 g/mol. The van der Waals surface area contributed by atoms with E-state index in [-0.39, 0.29) is 43.7 Å². The average Bonchev–Trinajstić information content (AvgIpc) is 3.59. The SMILES string of the molecule is COc1ccc2cc1OCC(=O)N[C@@H]1CN(C(=O)c3cnn(-c4ccccc4OC)c3)CC[C@H]1Oc1cc(F)cc(c1)CNC(=O)CC2. The smallest absolute Gasteiger partial charge is 0.258 e. The molecule has 3 heterocycles. The highest BCUT2D eigenvalue weighted by molar-refractivity contribution is 5.94. The zero-order valence-corrected chi connectivity index (χ0v) is 26.6. The molecule has 2 aliphatic rings. The molecule has 1 saturated heterocycles. The van der Waals surface area contributed by atoms with Crippen molar-refractivity contribution in [2.75, 3.05) is 33.9 Å². The van der Waals surface area contributed by atoms with E-state index in [1.54, 1.807) is 47.2 Å². The number of fused-ring (bicyclic) bond motifs is 5. The van der Waals surface area contributed by atoms with Crippen LogP contribution in [0.3, 0.4) is 0 Å². The van der Waals surface area contributed by atoms with E-state index in [9.17, 15) is 18.8 Å². The molecule has 250 valence electrons. The van der Waals surface area contributed by atoms with Crippen LogP contribution in [0.2, 0.25) is 0 Å². The molecule has 1 aromatic heterocycles. The summed E-state index contributed by atoms with van der Waals surface area (Å²) in [5.41, 5.74) is 2.39. The molecule has 0 unspecified atom stereocenters. The summed E-state index contributed by atoms with van der Waals surface area (Å²) in [6.07, 6.45) is 3.48. The lowest BCUT2D eigenvalue weighted by molar-refractivity contribution is -0.125. The first-order valence-electron chi connectivity index (χ1n) is 15.6. The van der Waals surface area contributed by atoms with E-state index in [0.29, 0.717) is 53.4 Å². The van der Waals surface area contributed by atoms with Crippen molar-refractivity contribution in [2.24, 2.45) is 0 Å². The lowest BCUT2D eigenvalue weighted by Gasteiger charge is -2.38. The van der Waals surface area contributed by atoms with Crippen molar-refractivity contribution in [3.63, 3.8) is 0 Å². The van der Waals surface area contributed by atoms with E-state index in [2.05, 4.69) is 15.7 Å². The molecule has 2 atom stereocenters. The third-order valence-corrected chi connectivity index (χ3v) is 8.28. The Balaban J connectivity index is 1.25. The first kappa shape index (κ1) is 32.4. The number of rotatable bonds is 4. The number of halogens is 1. The fourth-order valence-electron chi connectivity index (χ4n) is 5.85. The molecule has 4 aromatic rings. The number of hydrogen-bond acceptors (Lipinski definition) is 8. The number of benzene rings is 3. The molecule has 13 heteroatoms. The van der Waals surface area contributed by atoms with E-state index >= 15 is 0 Å². The van der Waals surface area contributed by atoms with E-state index in [0.717, 1.165) is 5.56 Å². The van der Waals surface area contributed by atoms with Crippen LogP contribution >= 0.6 is 0 Å². The Morgan fingerprint density at radius 3 is 2.65 bits per heavy atom. The van der Waals surface area contributed by atoms with Crippen LogP contribution in [0.15, 0.2) is 73.1 Å². The normalized spacial score (nSPS) is 18.5. The summed E-state index contributed by atoms with van der Waals surface area (Å²) in [5, 5.41) is 10.2. The van der Waals surface area contributed by atoms with Gasteiger partial charge in [-0.1, -0.05) is 18.2 Å². The number of ether oxygens (including phenoxy) is 4. The number of amides is 3. The van der Waals surface area contributed by atoms with Gasteiger partial charge in [0.2, 0.25) is 5.91 Å². The number of para-hydroxylation sites is 2. The van der Waals surface area contributed by atoms with Gasteiger partial charge in [0.15, 0.2) is 18.1 Å². The fraction of sp³-hybridized carbons (Fsp3) is 0.314. The molecule has 0 saturated carbocycles. The minimum absolute atomic E-state index is 0.111. The van der Waals surface area contributed by atoms with Gasteiger partial charge in [0, 0.05) is 44.7 Å². The summed E-state index contributed by atoms with van der Waals surface area (Å²) in [4.78, 5) is 41.2. The Labute approximate surface area is 276 Å². The summed E-state index contributed by atoms with van der Waals surface area (Å²) >= 11 is 0. The standard InChI is InChI=1S/C35H36FN5O7/c1-45-30-6-4-3-5-28(30)41-19-24(18-38-41)35(44)40-12-11-29-27(20-40)39-34(43)21-47-32-15-22(7-9-31(32)46-2)8-10-33(42)37-17-23-13-25(36)16-26(14-23)48-29/h3-7,9,13-16,18-19,27,29H,8,10-12,17,20-21H2,1-2H3,(H,37,42)(H,39,43)/t27-,29-/m1/s1. The molecule has 6 rings (SSSR count). The van der Waals surface area contributed by atoms with Gasteiger partial charge in [0.25, 0.3) is 11.8 Å². The van der Waals surface area contributed by atoms with Gasteiger partial charge in [-0.2, -0.15) is 5.10 Å². The molecule has 48 heavy (non-hydrogen) atoms. The van der Waals surface area contributed by atoms with Crippen LogP contribution in [-0.4, -0.2) is 78.5 Å². The van der Waals surface area contributed by atoms with Crippen LogP contribution in [0.4, 0.5) is 4.39 Å². The van der Waals surface area contributed by atoms with Crippen molar-refractivity contribution in [2.45, 2.75) is 38.0 Å². The largest absolute Gasteiger partial charge is 0.494 e. The molecule has 0 aliphatic carbocycles. The zero-order chi connectivity index (χ0) is 33.6. The van der Waals surface area contributed by atoms with Crippen LogP contribution in [0.25, 0.3) is 5.69 Å². The van der Waals surface area contributed by atoms with Gasteiger partial charge >= 0.3 is 0 Å². The van der Waals surface area contributed by atoms with Gasteiger partial charge in [-0.05, 0) is 53.9 Å². The third kappa shape index (κ3) is 7.51. The lowest BCUT2D eigenvalue weighted by Crippen LogP contribution is -2.58. The highest BCUT2D eigenvalue weighted by Crippen LogP contribution is 2.29. The number of carbonyl (C=O) groups excluding carboxylic acids is 3. The Morgan fingerprint density at radius 2 is 1.81 bits per heavy atom. The van der Waals surface area contributed by atoms with Crippen LogP contribution in [0, 0.1) is 5.82 Å². The molecular weight excluding hydrogens is 621 g/mol. The molecule has 3 aromatic carbocycles. The Bertz CT molecular complexity index is 1810. The van der Waals surface area contributed by atoms with E-state index in [1.165, 1.54) is 25.4 Å². The summed E-state index contributed by atoms with van der Waals surface area (Å²) < 4.78 is 39.2. The van der Waals surface area contributed by atoms with Gasteiger partial charge in [-0.15, -0.1) is 0 Å². The first-order chi connectivity index (χ1) is 23.3. The minimum atomic E-state index is -0.665. The third-order valence-electron chi connectivity index (χ3n) is 8.28. The van der Waals surface area contributed by atoms with Crippen molar-refractivity contribution in [3.05, 3.63) is 95.6 Å². The molecule has 2 N–H and O–H groups in total. The molecule has 0 spiro atoms. The second-order valence-corrected chi connectivity index (χ2v) is 11.6. The van der Waals surface area contributed by atoms with Crippen molar-refractivity contribution in [1.82, 2.24) is 25.3 Å². The van der Waals surface area contributed by atoms with Crippen LogP contribution in [-0.2, 0) is 22.6 Å². The highest BCUT2D eigenvalue weighted by Gasteiger charge is 2.35. The summed E-state index contributed by atoms with van der Waals surface area (Å²) in [5.74, 6) is 0.208. The van der Waals surface area contributed by atoms with Crippen LogP contribution in [0.5, 0.6) is 23.0 Å². The van der Waals surface area contributed by atoms with E-state index in [4.69, 9.17) is 18.9 Å². The number of likely N-dealkylation sites (tertiary alicyclic amines) is 1. The zero-order valence-electron chi connectivity index (χ0n) is 26.6. The summed E-state index contributed by atoms with van der Waals surface area (Å²) in [7, 11) is 3.06. The topological polar surface area (TPSA) is 133 Å². The molecular formula is C35H36FN5O7. The van der Waals surface area contributed by atoms with E-state index < -0.39 is 23.9 Å². The van der Waals surface area contributed by atoms with Crippen molar-refractivity contribution in [1.29, 1.82) is 0 Å². The molecule has 12 nitrogen and oxygen atoms in total. The van der Waals surface area contributed by atoms with Crippen LogP contribution in [0.1, 0.15) is 34.3 Å². The quantitative estimate of drug-likeness (QED) is 0.341. The summed E-state index contributed by atoms with van der Waals surface area (Å²) in [6, 6.07) is 16.2. The maximum atomic E-state index is 14.7. The maximum absolute atomic E-state index is 14.7. The monoisotopic (exact) mass is 657 g/mol. The number of carbonyl (C=O) groups is 3. The Hall–Kier alpha value is -5.59. The molecule has 1 fully saturated rings. The van der Waals surface area contributed by atoms with Crippen molar-refractivity contribution in [3.8, 4) is 28.7 Å². The predicted molar refractivity (Wildman–Crippen MR) is 172 cm³/mol. The number of piperidine rings is 1. The minimum Gasteiger partial charge on any atom is -0.494 e. The number of hydrogen-bond donors (Lipinski definition) is 2. The predicted octanol–water partition coefficient (Wildman–Crippen LogP) is 3.45. The maximum Gasteiger partial charge on any atom is 0.258 e. The number of methoxy groups -OCH3 is 2. The fourth-order valence-corrected chi connectivity index (χ4v) is 5.85. The van der Waals surface area contributed by atoms with Gasteiger partial charge in [-0.3, -0.25) is 14.4 Å². The molecule has 2 aliphatic heterocycles. The molecule has 4 bridgehead atoms. The Morgan fingerprint density at radius 1 is 0.979 bits per heavy atom. The lowest BCUT2D eigenvalue weighted by atomic mass is 10.0. The molecule has 3 amide bonds. The van der Waals surface area contributed by atoms with Crippen molar-refractivity contribution >= 4 is 17.7 Å². The van der Waals surface area contributed by atoms with Gasteiger partial charge in [0.05, 0.1) is 32.0 Å². The molecule has 0 radical (unpaired) electrons. The van der Waals surface area contributed by atoms with Gasteiger partial charge < -0.3 is 34.5 Å². The number of nitrogens with zero attached hydrogens (tertiary/aromatic N) is 3. The van der Waals surface area contributed by atoms with Gasteiger partial charge in [-0.25, -0.2) is 9.07 Å². The Kier molecular flexibility index (Phi) is 9.74. The number of aromatic nitrogens is 2. The first-order valence-corrected chi connectivity index (χ1v) is 15.6. The van der Waals surface area contributed by atoms with Crippen LogP contribution < -0.4 is 29.6 Å². The highest BCUT2D eigenvalue weighted by atomic mass is 19.1. The number of aryl methyl sites for hydroxylation is 1. The van der Waals surface area contributed by atoms with Crippen molar-refractivity contribution < 1.29 is 37.7 Å². The second kappa shape index (κ2) is 14.4. The second-order valence-electron chi connectivity index (χ2n) is 11.6.